The molecule has 154 valence electrons. The van der Waals surface area contributed by atoms with Gasteiger partial charge in [0, 0.05) is 66.4 Å². The summed E-state index contributed by atoms with van der Waals surface area (Å²) < 4.78 is 10.8. The summed E-state index contributed by atoms with van der Waals surface area (Å²) in [6.45, 7) is 8.89. The molecule has 0 saturated carbocycles. The summed E-state index contributed by atoms with van der Waals surface area (Å²) in [5.41, 5.74) is 0. The van der Waals surface area contributed by atoms with Gasteiger partial charge in [0.15, 0.2) is 5.96 Å². The smallest absolute Gasteiger partial charge is 0.219 e. The van der Waals surface area contributed by atoms with Crippen molar-refractivity contribution < 1.29 is 13.9 Å². The molecule has 2 N–H and O–H groups in total. The SMILES string of the molecule is CN=C(NCCCOCc1ccco1)NCCN1CCN(C(C)=O)CC1.I. The van der Waals surface area contributed by atoms with Crippen LogP contribution >= 0.6 is 24.0 Å². The van der Waals surface area contributed by atoms with Gasteiger partial charge in [0.1, 0.15) is 12.4 Å². The molecule has 1 aliphatic heterocycles. The molecule has 2 rings (SSSR count). The van der Waals surface area contributed by atoms with Crippen LogP contribution in [0.15, 0.2) is 27.8 Å². The van der Waals surface area contributed by atoms with E-state index in [-0.39, 0.29) is 29.9 Å². The number of rotatable bonds is 9. The molecule has 1 saturated heterocycles. The quantitative estimate of drug-likeness (QED) is 0.233. The van der Waals surface area contributed by atoms with Crippen LogP contribution in [0.3, 0.4) is 0 Å². The Bertz CT molecular complexity index is 545. The molecule has 0 spiro atoms. The number of nitrogens with zero attached hydrogens (tertiary/aromatic N) is 3. The Balaban J connectivity index is 0.00000364. The van der Waals surface area contributed by atoms with E-state index in [2.05, 4.69) is 20.5 Å². The fourth-order valence-electron chi connectivity index (χ4n) is 2.79. The van der Waals surface area contributed by atoms with E-state index in [1.165, 1.54) is 0 Å². The molecule has 27 heavy (non-hydrogen) atoms. The molecule has 0 bridgehead atoms. The first-order valence-corrected chi connectivity index (χ1v) is 9.21. The molecule has 0 aliphatic carbocycles. The number of aliphatic imine (C=N–C) groups is 1. The number of guanidine groups is 1. The van der Waals surface area contributed by atoms with Crippen molar-refractivity contribution >= 4 is 35.8 Å². The molecule has 1 fully saturated rings. The van der Waals surface area contributed by atoms with Gasteiger partial charge in [-0.25, -0.2) is 0 Å². The Morgan fingerprint density at radius 3 is 2.63 bits per heavy atom. The molecule has 9 heteroatoms. The highest BCUT2D eigenvalue weighted by Gasteiger charge is 2.17. The number of amides is 1. The number of furan rings is 1. The molecular formula is C18H32IN5O3. The second kappa shape index (κ2) is 13.8. The van der Waals surface area contributed by atoms with E-state index in [1.54, 1.807) is 20.2 Å². The fourth-order valence-corrected chi connectivity index (χ4v) is 2.79. The number of hydrogen-bond acceptors (Lipinski definition) is 5. The van der Waals surface area contributed by atoms with Crippen LogP contribution in [0.4, 0.5) is 0 Å². The standard InChI is InChI=1S/C18H31N5O3.HI/c1-16(24)23-11-9-22(10-12-23)8-7-21-18(19-2)20-6-4-13-25-15-17-5-3-14-26-17;/h3,5,14H,4,6-13,15H2,1-2H3,(H2,19,20,21);1H. The molecule has 2 heterocycles. The average Bonchev–Trinajstić information content (AvgIpc) is 3.17. The molecule has 1 amide bonds. The van der Waals surface area contributed by atoms with Crippen LogP contribution in [0.1, 0.15) is 19.1 Å². The zero-order chi connectivity index (χ0) is 18.6. The van der Waals surface area contributed by atoms with Gasteiger partial charge >= 0.3 is 0 Å². The van der Waals surface area contributed by atoms with Crippen LogP contribution in [-0.2, 0) is 16.1 Å². The Kier molecular flexibility index (Phi) is 12.1. The van der Waals surface area contributed by atoms with Crippen LogP contribution in [0, 0.1) is 0 Å². The molecule has 1 aromatic rings. The molecule has 1 aromatic heterocycles. The third kappa shape index (κ3) is 9.43. The van der Waals surface area contributed by atoms with Crippen LogP contribution in [0.2, 0.25) is 0 Å². The number of hydrogen-bond donors (Lipinski definition) is 2. The Morgan fingerprint density at radius 1 is 1.26 bits per heavy atom. The number of nitrogens with one attached hydrogen (secondary N) is 2. The van der Waals surface area contributed by atoms with E-state index < -0.39 is 0 Å². The normalized spacial score (nSPS) is 15.3. The molecular weight excluding hydrogens is 461 g/mol. The zero-order valence-corrected chi connectivity index (χ0v) is 18.6. The molecule has 0 radical (unpaired) electrons. The maximum Gasteiger partial charge on any atom is 0.219 e. The van der Waals surface area contributed by atoms with E-state index in [0.717, 1.165) is 64.0 Å². The first-order chi connectivity index (χ1) is 12.7. The van der Waals surface area contributed by atoms with Gasteiger partial charge in [-0.15, -0.1) is 24.0 Å². The zero-order valence-electron chi connectivity index (χ0n) is 16.3. The minimum absolute atomic E-state index is 0. The van der Waals surface area contributed by atoms with Gasteiger partial charge in [-0.05, 0) is 18.6 Å². The number of piperazine rings is 1. The molecule has 0 unspecified atom stereocenters. The number of ether oxygens (including phenoxy) is 1. The highest BCUT2D eigenvalue weighted by Crippen LogP contribution is 2.02. The van der Waals surface area contributed by atoms with Crippen molar-refractivity contribution in [2.24, 2.45) is 4.99 Å². The van der Waals surface area contributed by atoms with Crippen molar-refractivity contribution in [3.63, 3.8) is 0 Å². The van der Waals surface area contributed by atoms with Crippen molar-refractivity contribution in [2.75, 3.05) is 59.5 Å². The van der Waals surface area contributed by atoms with Gasteiger partial charge in [-0.1, -0.05) is 0 Å². The third-order valence-corrected chi connectivity index (χ3v) is 4.34. The summed E-state index contributed by atoms with van der Waals surface area (Å²) in [4.78, 5) is 19.8. The number of halogens is 1. The Morgan fingerprint density at radius 2 is 2.00 bits per heavy atom. The first kappa shape index (κ1) is 23.7. The highest BCUT2D eigenvalue weighted by atomic mass is 127. The summed E-state index contributed by atoms with van der Waals surface area (Å²) in [5.74, 6) is 1.82. The van der Waals surface area contributed by atoms with Crippen molar-refractivity contribution in [3.8, 4) is 0 Å². The maximum atomic E-state index is 11.3. The topological polar surface area (TPSA) is 82.3 Å². The van der Waals surface area contributed by atoms with Crippen molar-refractivity contribution in [1.82, 2.24) is 20.4 Å². The van der Waals surface area contributed by atoms with Gasteiger partial charge in [-0.2, -0.15) is 0 Å². The van der Waals surface area contributed by atoms with E-state index >= 15 is 0 Å². The minimum Gasteiger partial charge on any atom is -0.467 e. The lowest BCUT2D eigenvalue weighted by molar-refractivity contribution is -0.130. The van der Waals surface area contributed by atoms with Crippen molar-refractivity contribution in [3.05, 3.63) is 24.2 Å². The molecule has 0 aromatic carbocycles. The van der Waals surface area contributed by atoms with Crippen molar-refractivity contribution in [1.29, 1.82) is 0 Å². The van der Waals surface area contributed by atoms with Crippen LogP contribution in [-0.4, -0.2) is 81.1 Å². The van der Waals surface area contributed by atoms with E-state index in [1.807, 2.05) is 17.0 Å². The van der Waals surface area contributed by atoms with E-state index in [0.29, 0.717) is 13.2 Å². The second-order valence-corrected chi connectivity index (χ2v) is 6.26. The monoisotopic (exact) mass is 493 g/mol. The summed E-state index contributed by atoms with van der Waals surface area (Å²) >= 11 is 0. The lowest BCUT2D eigenvalue weighted by Gasteiger charge is -2.34. The average molecular weight is 493 g/mol. The highest BCUT2D eigenvalue weighted by molar-refractivity contribution is 14.0. The third-order valence-electron chi connectivity index (χ3n) is 4.34. The Hall–Kier alpha value is -1.33. The van der Waals surface area contributed by atoms with Crippen molar-refractivity contribution in [2.45, 2.75) is 20.0 Å². The Labute approximate surface area is 178 Å². The lowest BCUT2D eigenvalue weighted by atomic mass is 10.3. The van der Waals surface area contributed by atoms with Crippen LogP contribution in [0.5, 0.6) is 0 Å². The summed E-state index contributed by atoms with van der Waals surface area (Å²) in [5, 5.41) is 6.61. The molecule has 0 atom stereocenters. The largest absolute Gasteiger partial charge is 0.467 e. The first-order valence-electron chi connectivity index (χ1n) is 9.21. The number of carbonyl (C=O) groups is 1. The molecule has 1 aliphatic rings. The fraction of sp³-hybridized carbons (Fsp3) is 0.667. The second-order valence-electron chi connectivity index (χ2n) is 6.26. The van der Waals surface area contributed by atoms with Gasteiger partial charge in [-0.3, -0.25) is 14.7 Å². The van der Waals surface area contributed by atoms with E-state index in [9.17, 15) is 4.79 Å². The maximum absolute atomic E-state index is 11.3. The predicted molar refractivity (Wildman–Crippen MR) is 116 cm³/mol. The number of carbonyl (C=O) groups excluding carboxylic acids is 1. The lowest BCUT2D eigenvalue weighted by Crippen LogP contribution is -2.50. The van der Waals surface area contributed by atoms with Crippen LogP contribution < -0.4 is 10.6 Å². The summed E-state index contributed by atoms with van der Waals surface area (Å²) in [6.07, 6.45) is 2.55. The van der Waals surface area contributed by atoms with Gasteiger partial charge < -0.3 is 24.7 Å². The van der Waals surface area contributed by atoms with E-state index in [4.69, 9.17) is 9.15 Å². The van der Waals surface area contributed by atoms with Gasteiger partial charge in [0.2, 0.25) is 5.91 Å². The van der Waals surface area contributed by atoms with Gasteiger partial charge in [0.05, 0.1) is 6.26 Å². The molecule has 8 nitrogen and oxygen atoms in total. The predicted octanol–water partition coefficient (Wildman–Crippen LogP) is 1.13. The van der Waals surface area contributed by atoms with Gasteiger partial charge in [0.25, 0.3) is 0 Å². The minimum atomic E-state index is 0. The summed E-state index contributed by atoms with van der Waals surface area (Å²) in [7, 11) is 1.77. The summed E-state index contributed by atoms with van der Waals surface area (Å²) in [6, 6.07) is 3.77. The van der Waals surface area contributed by atoms with Crippen LogP contribution in [0.25, 0.3) is 0 Å².